The van der Waals surface area contributed by atoms with Crippen LogP contribution in [0.2, 0.25) is 0 Å². The molecule has 2 rings (SSSR count). The van der Waals surface area contributed by atoms with Gasteiger partial charge in [0, 0.05) is 23.7 Å². The summed E-state index contributed by atoms with van der Waals surface area (Å²) < 4.78 is 26.6. The molecule has 0 fully saturated rings. The van der Waals surface area contributed by atoms with E-state index in [2.05, 4.69) is 0 Å². The van der Waals surface area contributed by atoms with Crippen LogP contribution >= 0.6 is 0 Å². The topological polar surface area (TPSA) is 69.2 Å². The molecule has 0 aliphatic heterocycles. The highest BCUT2D eigenvalue weighted by Gasteiger charge is 2.14. The van der Waals surface area contributed by atoms with Crippen LogP contribution in [0.15, 0.2) is 42.5 Å². The van der Waals surface area contributed by atoms with Gasteiger partial charge in [0.25, 0.3) is 5.69 Å². The van der Waals surface area contributed by atoms with Crippen molar-refractivity contribution in [3.63, 3.8) is 0 Å². The molecule has 4 nitrogen and oxygen atoms in total. The van der Waals surface area contributed by atoms with E-state index in [1.165, 1.54) is 12.1 Å². The molecule has 0 aromatic heterocycles. The average molecular weight is 278 g/mol. The van der Waals surface area contributed by atoms with Gasteiger partial charge in [-0.2, -0.15) is 0 Å². The third kappa shape index (κ3) is 3.16. The molecule has 0 heterocycles. The van der Waals surface area contributed by atoms with Crippen molar-refractivity contribution in [3.8, 4) is 0 Å². The summed E-state index contributed by atoms with van der Waals surface area (Å²) in [6.07, 6.45) is 0.262. The molecule has 0 amide bonds. The molecule has 0 radical (unpaired) electrons. The van der Waals surface area contributed by atoms with Crippen LogP contribution in [0.5, 0.6) is 0 Å². The Morgan fingerprint density at radius 2 is 1.80 bits per heavy atom. The first-order chi connectivity index (χ1) is 9.47. The van der Waals surface area contributed by atoms with Crippen LogP contribution in [0, 0.1) is 21.7 Å². The zero-order valence-electron chi connectivity index (χ0n) is 10.4. The number of nitro groups is 1. The fourth-order valence-electron chi connectivity index (χ4n) is 1.92. The van der Waals surface area contributed by atoms with Crippen molar-refractivity contribution in [2.24, 2.45) is 5.73 Å². The second-order valence-corrected chi connectivity index (χ2v) is 4.40. The minimum Gasteiger partial charge on any atom is -0.324 e. The second-order valence-electron chi connectivity index (χ2n) is 4.40. The number of nitro benzene ring substituents is 1. The predicted octanol–water partition coefficient (Wildman–Crippen LogP) is 3.12. The molecule has 104 valence electrons. The van der Waals surface area contributed by atoms with Gasteiger partial charge in [-0.1, -0.05) is 12.1 Å². The summed E-state index contributed by atoms with van der Waals surface area (Å²) in [6, 6.07) is 8.20. The summed E-state index contributed by atoms with van der Waals surface area (Å²) in [5.41, 5.74) is 6.63. The van der Waals surface area contributed by atoms with Gasteiger partial charge >= 0.3 is 0 Å². The first kappa shape index (κ1) is 14.1. The molecule has 1 atom stereocenters. The highest BCUT2D eigenvalue weighted by Crippen LogP contribution is 2.21. The van der Waals surface area contributed by atoms with E-state index < -0.39 is 22.6 Å². The van der Waals surface area contributed by atoms with E-state index in [0.29, 0.717) is 5.56 Å². The summed E-state index contributed by atoms with van der Waals surface area (Å²) in [4.78, 5) is 10.0. The van der Waals surface area contributed by atoms with E-state index in [9.17, 15) is 18.9 Å². The Balaban J connectivity index is 2.16. The Bertz CT molecular complexity index is 630. The van der Waals surface area contributed by atoms with Crippen LogP contribution in [0.25, 0.3) is 0 Å². The fourth-order valence-corrected chi connectivity index (χ4v) is 1.92. The quantitative estimate of drug-likeness (QED) is 0.690. The van der Waals surface area contributed by atoms with Gasteiger partial charge in [0.05, 0.1) is 4.92 Å². The molecule has 1 unspecified atom stereocenters. The fraction of sp³-hybridized carbons (Fsp3) is 0.143. The van der Waals surface area contributed by atoms with E-state index in [1.807, 2.05) is 0 Å². The van der Waals surface area contributed by atoms with Gasteiger partial charge in [-0.3, -0.25) is 10.1 Å². The van der Waals surface area contributed by atoms with Crippen molar-refractivity contribution < 1.29 is 13.7 Å². The zero-order valence-corrected chi connectivity index (χ0v) is 10.4. The maximum Gasteiger partial charge on any atom is 0.269 e. The van der Waals surface area contributed by atoms with Crippen molar-refractivity contribution >= 4 is 5.69 Å². The lowest BCUT2D eigenvalue weighted by Crippen LogP contribution is -2.15. The van der Waals surface area contributed by atoms with Gasteiger partial charge in [-0.15, -0.1) is 0 Å². The first-order valence-corrected chi connectivity index (χ1v) is 5.91. The highest BCUT2D eigenvalue weighted by molar-refractivity contribution is 5.34. The summed E-state index contributed by atoms with van der Waals surface area (Å²) in [6.45, 7) is 0. The number of non-ortho nitro benzene ring substituents is 1. The average Bonchev–Trinajstić information content (AvgIpc) is 2.42. The van der Waals surface area contributed by atoms with Gasteiger partial charge in [0.15, 0.2) is 0 Å². The van der Waals surface area contributed by atoms with Crippen molar-refractivity contribution in [2.75, 3.05) is 0 Å². The summed E-state index contributed by atoms with van der Waals surface area (Å²) in [7, 11) is 0. The molecule has 0 saturated carbocycles. The standard InChI is InChI=1S/C14H12F2N2O2/c15-10-3-6-13(16)12(8-10)14(17)7-9-1-4-11(5-2-9)18(19)20/h1-6,8,14H,7,17H2. The third-order valence-corrected chi connectivity index (χ3v) is 2.96. The molecule has 20 heavy (non-hydrogen) atoms. The van der Waals surface area contributed by atoms with E-state index in [-0.39, 0.29) is 17.7 Å². The molecular formula is C14H12F2N2O2. The molecule has 0 bridgehead atoms. The summed E-state index contributed by atoms with van der Waals surface area (Å²) in [5, 5.41) is 10.5. The van der Waals surface area contributed by atoms with E-state index in [1.54, 1.807) is 12.1 Å². The second kappa shape index (κ2) is 5.75. The maximum atomic E-state index is 13.6. The number of nitrogens with two attached hydrogens (primary N) is 1. The van der Waals surface area contributed by atoms with Crippen molar-refractivity contribution in [1.82, 2.24) is 0 Å². The number of nitrogens with zero attached hydrogens (tertiary/aromatic N) is 1. The molecule has 6 heteroatoms. The summed E-state index contributed by atoms with van der Waals surface area (Å²) >= 11 is 0. The van der Waals surface area contributed by atoms with Gasteiger partial charge in [-0.25, -0.2) is 8.78 Å². The Hall–Kier alpha value is -2.34. The minimum absolute atomic E-state index is 0.0285. The predicted molar refractivity (Wildman–Crippen MR) is 70.1 cm³/mol. The third-order valence-electron chi connectivity index (χ3n) is 2.96. The molecule has 2 aromatic carbocycles. The Morgan fingerprint density at radius 1 is 1.15 bits per heavy atom. The zero-order chi connectivity index (χ0) is 14.7. The number of hydrogen-bond donors (Lipinski definition) is 1. The first-order valence-electron chi connectivity index (χ1n) is 5.91. The van der Waals surface area contributed by atoms with Gasteiger partial charge in [0.1, 0.15) is 11.6 Å². The van der Waals surface area contributed by atoms with Crippen LogP contribution in [0.1, 0.15) is 17.2 Å². The van der Waals surface area contributed by atoms with Crippen LogP contribution in [0.3, 0.4) is 0 Å². The van der Waals surface area contributed by atoms with Gasteiger partial charge < -0.3 is 5.73 Å². The maximum absolute atomic E-state index is 13.6. The Labute approximate surface area is 114 Å². The van der Waals surface area contributed by atoms with E-state index in [0.717, 1.165) is 18.2 Å². The highest BCUT2D eigenvalue weighted by atomic mass is 19.1. The number of hydrogen-bond acceptors (Lipinski definition) is 3. The largest absolute Gasteiger partial charge is 0.324 e. The van der Waals surface area contributed by atoms with E-state index in [4.69, 9.17) is 5.73 Å². The van der Waals surface area contributed by atoms with Crippen molar-refractivity contribution in [1.29, 1.82) is 0 Å². The van der Waals surface area contributed by atoms with Crippen LogP contribution in [-0.2, 0) is 6.42 Å². The molecule has 2 aromatic rings. The smallest absolute Gasteiger partial charge is 0.269 e. The lowest BCUT2D eigenvalue weighted by atomic mass is 9.99. The molecule has 0 aliphatic carbocycles. The van der Waals surface area contributed by atoms with E-state index >= 15 is 0 Å². The minimum atomic E-state index is -0.716. The van der Waals surface area contributed by atoms with Crippen LogP contribution < -0.4 is 5.73 Å². The number of benzene rings is 2. The van der Waals surface area contributed by atoms with Gasteiger partial charge in [-0.05, 0) is 30.2 Å². The molecular weight excluding hydrogens is 266 g/mol. The number of halogens is 2. The lowest BCUT2D eigenvalue weighted by molar-refractivity contribution is -0.384. The molecule has 0 spiro atoms. The van der Waals surface area contributed by atoms with Crippen LogP contribution in [-0.4, -0.2) is 4.92 Å². The molecule has 0 saturated heterocycles. The van der Waals surface area contributed by atoms with Crippen LogP contribution in [0.4, 0.5) is 14.5 Å². The van der Waals surface area contributed by atoms with Crippen molar-refractivity contribution in [2.45, 2.75) is 12.5 Å². The SMILES string of the molecule is NC(Cc1ccc([N+](=O)[O-])cc1)c1cc(F)ccc1F. The molecule has 0 aliphatic rings. The normalized spacial score (nSPS) is 12.2. The Morgan fingerprint density at radius 3 is 2.40 bits per heavy atom. The Kier molecular flexibility index (Phi) is 4.05. The monoisotopic (exact) mass is 278 g/mol. The number of rotatable bonds is 4. The lowest BCUT2D eigenvalue weighted by Gasteiger charge is -2.13. The van der Waals surface area contributed by atoms with Gasteiger partial charge in [0.2, 0.25) is 0 Å². The van der Waals surface area contributed by atoms with Crippen molar-refractivity contribution in [3.05, 3.63) is 75.3 Å². The molecule has 2 N–H and O–H groups in total. The summed E-state index contributed by atoms with van der Waals surface area (Å²) in [5.74, 6) is -1.12.